The first-order valence-corrected chi connectivity index (χ1v) is 27.6. The second kappa shape index (κ2) is 39.3. The molecule has 8 atom stereocenters. The summed E-state index contributed by atoms with van der Waals surface area (Å²) < 4.78 is 23.0. The molecule has 0 aromatic carbocycles. The number of hydrogen-bond donors (Lipinski definition) is 9. The van der Waals surface area contributed by atoms with Gasteiger partial charge in [-0.25, -0.2) is 4.57 Å². The first-order valence-electron chi connectivity index (χ1n) is 26.1. The van der Waals surface area contributed by atoms with Gasteiger partial charge in [-0.1, -0.05) is 226 Å². The molecule has 0 saturated heterocycles. The lowest BCUT2D eigenvalue weighted by atomic mass is 9.85. The van der Waals surface area contributed by atoms with Crippen LogP contribution in [0.3, 0.4) is 0 Å². The van der Waals surface area contributed by atoms with E-state index in [9.17, 15) is 50.0 Å². The summed E-state index contributed by atoms with van der Waals surface area (Å²) in [7, 11) is -5.11. The molecule has 0 aliphatic heterocycles. The molecule has 0 radical (unpaired) electrons. The van der Waals surface area contributed by atoms with Crippen LogP contribution in [0.15, 0.2) is 0 Å². The molecule has 13 nitrogen and oxygen atoms in total. The fourth-order valence-electron chi connectivity index (χ4n) is 8.72. The summed E-state index contributed by atoms with van der Waals surface area (Å²) >= 11 is 0. The molecule has 0 aromatic rings. The number of aliphatic hydroxyl groups excluding tert-OH is 7. The van der Waals surface area contributed by atoms with Crippen LogP contribution in [0.1, 0.15) is 245 Å². The normalized spacial score (nSPS) is 22.8. The monoisotopic (exact) mass is 924 g/mol. The maximum atomic E-state index is 13.0. The van der Waals surface area contributed by atoms with E-state index in [1.54, 1.807) is 0 Å². The van der Waals surface area contributed by atoms with Crippen molar-refractivity contribution >= 4 is 13.7 Å². The van der Waals surface area contributed by atoms with Gasteiger partial charge in [0.15, 0.2) is 0 Å². The summed E-state index contributed by atoms with van der Waals surface area (Å²) in [6.07, 6.45) is 27.2. The van der Waals surface area contributed by atoms with Crippen molar-refractivity contribution < 1.29 is 59.0 Å². The predicted molar refractivity (Wildman–Crippen MR) is 252 cm³/mol. The van der Waals surface area contributed by atoms with Crippen LogP contribution in [0, 0.1) is 0 Å². The number of carbonyl (C=O) groups excluding carboxylic acids is 1. The number of rotatable bonds is 44. The van der Waals surface area contributed by atoms with E-state index in [1.165, 1.54) is 154 Å². The number of phosphoric acid groups is 1. The van der Waals surface area contributed by atoms with Crippen LogP contribution in [0.4, 0.5) is 0 Å². The smallest absolute Gasteiger partial charge is 0.393 e. The molecule has 1 aliphatic rings. The minimum Gasteiger partial charge on any atom is -0.393 e. The molecule has 1 fully saturated rings. The van der Waals surface area contributed by atoms with Gasteiger partial charge >= 0.3 is 7.82 Å². The van der Waals surface area contributed by atoms with Crippen LogP contribution >= 0.6 is 7.82 Å². The molecule has 0 spiro atoms. The highest BCUT2D eigenvalue weighted by atomic mass is 31.2. The molecule has 0 heterocycles. The average molecular weight is 924 g/mol. The van der Waals surface area contributed by atoms with Crippen LogP contribution in [0.25, 0.3) is 0 Å². The Bertz CT molecular complexity index is 1090. The summed E-state index contributed by atoms with van der Waals surface area (Å²) in [6.45, 7) is 3.81. The number of amides is 1. The highest BCUT2D eigenvalue weighted by molar-refractivity contribution is 7.47. The van der Waals surface area contributed by atoms with Crippen molar-refractivity contribution in [3.63, 3.8) is 0 Å². The summed E-state index contributed by atoms with van der Waals surface area (Å²) in [4.78, 5) is 23.5. The van der Waals surface area contributed by atoms with Gasteiger partial charge in [0.2, 0.25) is 5.91 Å². The van der Waals surface area contributed by atoms with E-state index in [4.69, 9.17) is 9.05 Å². The second-order valence-electron chi connectivity index (χ2n) is 18.9. The first kappa shape index (κ1) is 60.3. The van der Waals surface area contributed by atoms with Crippen molar-refractivity contribution in [2.45, 2.75) is 300 Å². The zero-order chi connectivity index (χ0) is 46.6. The third-order valence-corrected chi connectivity index (χ3v) is 14.0. The van der Waals surface area contributed by atoms with Crippen LogP contribution < -0.4 is 5.32 Å². The summed E-state index contributed by atoms with van der Waals surface area (Å²) in [6, 6.07) is -1.15. The van der Waals surface area contributed by atoms with Crippen molar-refractivity contribution in [2.75, 3.05) is 6.61 Å². The average Bonchev–Trinajstić information content (AvgIpc) is 3.26. The van der Waals surface area contributed by atoms with Crippen molar-refractivity contribution in [3.05, 3.63) is 0 Å². The lowest BCUT2D eigenvalue weighted by Gasteiger charge is -2.41. The number of phosphoric ester groups is 1. The Morgan fingerprint density at radius 2 is 0.794 bits per heavy atom. The predicted octanol–water partition coefficient (Wildman–Crippen LogP) is 9.60. The minimum absolute atomic E-state index is 0.216. The van der Waals surface area contributed by atoms with Crippen molar-refractivity contribution in [1.82, 2.24) is 5.32 Å². The Kier molecular flexibility index (Phi) is 37.6. The van der Waals surface area contributed by atoms with Gasteiger partial charge in [-0.15, -0.1) is 0 Å². The second-order valence-corrected chi connectivity index (χ2v) is 20.3. The number of aliphatic hydroxyl groups is 7. The molecule has 1 aliphatic carbocycles. The zero-order valence-electron chi connectivity index (χ0n) is 40.0. The Balaban J connectivity index is 2.43. The summed E-state index contributed by atoms with van der Waals surface area (Å²) in [5.41, 5.74) is 0. The Labute approximate surface area is 383 Å². The van der Waals surface area contributed by atoms with E-state index in [2.05, 4.69) is 19.2 Å². The molecule has 8 unspecified atom stereocenters. The summed E-state index contributed by atoms with van der Waals surface area (Å²) in [5.74, 6) is -0.556. The van der Waals surface area contributed by atoms with Crippen molar-refractivity contribution in [1.29, 1.82) is 0 Å². The molecular weight excluding hydrogens is 826 g/mol. The van der Waals surface area contributed by atoms with Gasteiger partial charge in [0, 0.05) is 0 Å². The van der Waals surface area contributed by atoms with E-state index >= 15 is 0 Å². The minimum atomic E-state index is -5.11. The van der Waals surface area contributed by atoms with Gasteiger partial charge < -0.3 is 46.0 Å². The molecule has 1 saturated carbocycles. The van der Waals surface area contributed by atoms with Gasteiger partial charge in [-0.05, 0) is 12.8 Å². The lowest BCUT2D eigenvalue weighted by Crippen LogP contribution is -2.64. The molecular formula is C49H98NO12P. The Morgan fingerprint density at radius 1 is 0.492 bits per heavy atom. The Morgan fingerprint density at radius 3 is 1.14 bits per heavy atom. The van der Waals surface area contributed by atoms with E-state index in [1.807, 2.05) is 0 Å². The highest BCUT2D eigenvalue weighted by Crippen LogP contribution is 2.47. The Hall–Kier alpha value is -0.700. The van der Waals surface area contributed by atoms with Crippen LogP contribution in [0.2, 0.25) is 0 Å². The molecule has 1 rings (SSSR count). The third-order valence-electron chi connectivity index (χ3n) is 13.0. The first-order chi connectivity index (χ1) is 30.3. The fourth-order valence-corrected chi connectivity index (χ4v) is 9.69. The van der Waals surface area contributed by atoms with E-state index in [-0.39, 0.29) is 12.8 Å². The number of hydrogen-bond acceptors (Lipinski definition) is 11. The molecule has 1 amide bonds. The van der Waals surface area contributed by atoms with Crippen LogP contribution in [-0.2, 0) is 18.4 Å². The zero-order valence-corrected chi connectivity index (χ0v) is 40.9. The standard InChI is InChI=1S/C49H98NO12P/c1-3-5-7-9-11-13-15-17-18-19-20-21-22-23-24-25-27-29-31-33-35-37-42(52)41(39-61-63(59,60)62-49-47(57)45(55)44(54)46(56)48(49)58)50-43(53)38-40(51)36-34-32-30-28-26-16-14-12-10-8-6-4-2/h40-42,44-49,51-52,54-58H,3-39H2,1-2H3,(H,50,53)(H,59,60). The maximum Gasteiger partial charge on any atom is 0.472 e. The topological polar surface area (TPSA) is 226 Å². The van der Waals surface area contributed by atoms with Gasteiger partial charge in [0.05, 0.1) is 31.3 Å². The van der Waals surface area contributed by atoms with Crippen LogP contribution in [-0.4, -0.2) is 108 Å². The van der Waals surface area contributed by atoms with Gasteiger partial charge in [-0.3, -0.25) is 13.8 Å². The van der Waals surface area contributed by atoms with E-state index in [0.717, 1.165) is 51.4 Å². The van der Waals surface area contributed by atoms with Crippen LogP contribution in [0.5, 0.6) is 0 Å². The van der Waals surface area contributed by atoms with Crippen molar-refractivity contribution in [2.24, 2.45) is 0 Å². The number of nitrogens with one attached hydrogen (secondary N) is 1. The SMILES string of the molecule is CCCCCCCCCCCCCCCCCCCCCCCC(O)C(COP(=O)(O)OC1C(O)C(O)C(O)C(O)C1O)NC(=O)CC(O)CCCCCCCCCCCCCC. The quantitative estimate of drug-likeness (QED) is 0.0206. The molecule has 14 heteroatoms. The molecule has 376 valence electrons. The lowest BCUT2D eigenvalue weighted by molar-refractivity contribution is -0.220. The molecule has 63 heavy (non-hydrogen) atoms. The number of unbranched alkanes of at least 4 members (excludes halogenated alkanes) is 31. The van der Waals surface area contributed by atoms with E-state index in [0.29, 0.717) is 12.8 Å². The van der Waals surface area contributed by atoms with Crippen molar-refractivity contribution in [3.8, 4) is 0 Å². The molecule has 9 N–H and O–H groups in total. The highest BCUT2D eigenvalue weighted by Gasteiger charge is 2.51. The number of carbonyl (C=O) groups is 1. The third kappa shape index (κ3) is 31.1. The van der Waals surface area contributed by atoms with Gasteiger partial charge in [-0.2, -0.15) is 0 Å². The van der Waals surface area contributed by atoms with Gasteiger partial charge in [0.25, 0.3) is 0 Å². The molecule has 0 bridgehead atoms. The van der Waals surface area contributed by atoms with Gasteiger partial charge in [0.1, 0.15) is 36.6 Å². The maximum absolute atomic E-state index is 13.0. The largest absolute Gasteiger partial charge is 0.472 e. The fraction of sp³-hybridized carbons (Fsp3) is 0.980. The summed E-state index contributed by atoms with van der Waals surface area (Å²) in [5, 5.41) is 74.8. The molecule has 0 aromatic heterocycles. The van der Waals surface area contributed by atoms with E-state index < -0.39 is 75.2 Å².